The van der Waals surface area contributed by atoms with Gasteiger partial charge in [0.25, 0.3) is 0 Å². The van der Waals surface area contributed by atoms with Gasteiger partial charge in [-0.25, -0.2) is 4.39 Å². The second-order valence-corrected chi connectivity index (χ2v) is 3.14. The lowest BCUT2D eigenvalue weighted by Gasteiger charge is -2.07. The van der Waals surface area contributed by atoms with Crippen LogP contribution in [-0.2, 0) is 9.47 Å². The lowest BCUT2D eigenvalue weighted by atomic mass is 10.3. The average molecular weight is 229 g/mol. The molecule has 0 saturated carbocycles. The molecule has 1 aromatic carbocycles. The van der Waals surface area contributed by atoms with Gasteiger partial charge in [-0.15, -0.1) is 0 Å². The Kier molecular flexibility index (Phi) is 5.60. The molecule has 2 N–H and O–H groups in total. The van der Waals surface area contributed by atoms with E-state index in [1.807, 2.05) is 0 Å². The molecule has 0 saturated heterocycles. The van der Waals surface area contributed by atoms with Gasteiger partial charge in [0.1, 0.15) is 18.2 Å². The maximum Gasteiger partial charge on any atom is 0.149 e. The molecule has 16 heavy (non-hydrogen) atoms. The van der Waals surface area contributed by atoms with Crippen LogP contribution in [0.2, 0.25) is 0 Å². The number of methoxy groups -OCH3 is 1. The smallest absolute Gasteiger partial charge is 0.149 e. The summed E-state index contributed by atoms with van der Waals surface area (Å²) in [5.74, 6) is -0.0279. The van der Waals surface area contributed by atoms with Crippen LogP contribution in [0.4, 0.5) is 10.1 Å². The highest BCUT2D eigenvalue weighted by Crippen LogP contribution is 2.17. The molecule has 0 fully saturated rings. The first kappa shape index (κ1) is 12.7. The lowest BCUT2D eigenvalue weighted by molar-refractivity contribution is 0.0544. The molecule has 0 aliphatic heterocycles. The van der Waals surface area contributed by atoms with Crippen molar-refractivity contribution in [3.05, 3.63) is 24.0 Å². The first-order chi connectivity index (χ1) is 7.74. The fourth-order valence-electron chi connectivity index (χ4n) is 1.06. The highest BCUT2D eigenvalue weighted by molar-refractivity contribution is 5.43. The van der Waals surface area contributed by atoms with Crippen LogP contribution in [0, 0.1) is 5.82 Å². The Balaban J connectivity index is 2.19. The molecule has 0 aromatic heterocycles. The van der Waals surface area contributed by atoms with Crippen molar-refractivity contribution in [1.29, 1.82) is 0 Å². The number of benzene rings is 1. The predicted octanol–water partition coefficient (Wildman–Crippen LogP) is 1.45. The Labute approximate surface area is 94.1 Å². The molecule has 0 unspecified atom stereocenters. The third-order valence-corrected chi connectivity index (χ3v) is 1.90. The SMILES string of the molecule is COCCOCCOc1ccc(N)c(F)c1. The summed E-state index contributed by atoms with van der Waals surface area (Å²) in [5.41, 5.74) is 5.44. The highest BCUT2D eigenvalue weighted by Gasteiger charge is 2.00. The van der Waals surface area contributed by atoms with E-state index in [9.17, 15) is 4.39 Å². The zero-order chi connectivity index (χ0) is 11.8. The van der Waals surface area contributed by atoms with E-state index in [1.54, 1.807) is 13.2 Å². The van der Waals surface area contributed by atoms with E-state index in [1.165, 1.54) is 12.1 Å². The molecule has 1 aromatic rings. The maximum atomic E-state index is 13.0. The van der Waals surface area contributed by atoms with Crippen LogP contribution in [0.25, 0.3) is 0 Å². The molecular weight excluding hydrogens is 213 g/mol. The molecule has 4 nitrogen and oxygen atoms in total. The molecule has 0 radical (unpaired) electrons. The van der Waals surface area contributed by atoms with Gasteiger partial charge >= 0.3 is 0 Å². The number of ether oxygens (including phenoxy) is 3. The van der Waals surface area contributed by atoms with E-state index >= 15 is 0 Å². The third kappa shape index (κ3) is 4.46. The molecule has 0 atom stereocenters. The first-order valence-electron chi connectivity index (χ1n) is 4.98. The fraction of sp³-hybridized carbons (Fsp3) is 0.455. The minimum atomic E-state index is -0.474. The lowest BCUT2D eigenvalue weighted by Crippen LogP contribution is -2.10. The van der Waals surface area contributed by atoms with E-state index in [0.29, 0.717) is 32.2 Å². The van der Waals surface area contributed by atoms with E-state index < -0.39 is 5.82 Å². The van der Waals surface area contributed by atoms with E-state index in [2.05, 4.69) is 0 Å². The molecule has 1 rings (SSSR count). The second kappa shape index (κ2) is 7.03. The van der Waals surface area contributed by atoms with Crippen LogP contribution < -0.4 is 10.5 Å². The molecule has 0 bridgehead atoms. The minimum absolute atomic E-state index is 0.115. The molecule has 0 aliphatic rings. The van der Waals surface area contributed by atoms with E-state index in [-0.39, 0.29) is 5.69 Å². The summed E-state index contributed by atoms with van der Waals surface area (Å²) in [6, 6.07) is 4.34. The van der Waals surface area contributed by atoms with Crippen LogP contribution in [0.5, 0.6) is 5.75 Å². The number of rotatable bonds is 7. The van der Waals surface area contributed by atoms with Gasteiger partial charge in [0.2, 0.25) is 0 Å². The van der Waals surface area contributed by atoms with Crippen molar-refractivity contribution in [2.45, 2.75) is 0 Å². The highest BCUT2D eigenvalue weighted by atomic mass is 19.1. The Hall–Kier alpha value is -1.33. The summed E-state index contributed by atoms with van der Waals surface area (Å²) in [5, 5.41) is 0. The fourth-order valence-corrected chi connectivity index (χ4v) is 1.06. The quantitative estimate of drug-likeness (QED) is 0.568. The van der Waals surface area contributed by atoms with Crippen molar-refractivity contribution < 1.29 is 18.6 Å². The van der Waals surface area contributed by atoms with Crippen molar-refractivity contribution in [1.82, 2.24) is 0 Å². The van der Waals surface area contributed by atoms with Crippen molar-refractivity contribution in [2.75, 3.05) is 39.3 Å². The molecule has 5 heteroatoms. The maximum absolute atomic E-state index is 13.0. The van der Waals surface area contributed by atoms with Gasteiger partial charge in [0.05, 0.1) is 25.5 Å². The zero-order valence-corrected chi connectivity index (χ0v) is 9.24. The van der Waals surface area contributed by atoms with E-state index in [4.69, 9.17) is 19.9 Å². The predicted molar refractivity (Wildman–Crippen MR) is 59.0 cm³/mol. The molecular formula is C11H16FNO3. The Morgan fingerprint density at radius 2 is 1.94 bits per heavy atom. The zero-order valence-electron chi connectivity index (χ0n) is 9.24. The van der Waals surface area contributed by atoms with Crippen molar-refractivity contribution in [3.63, 3.8) is 0 Å². The van der Waals surface area contributed by atoms with Crippen LogP contribution in [0.1, 0.15) is 0 Å². The number of nitrogens with two attached hydrogens (primary N) is 1. The summed E-state index contributed by atoms with van der Waals surface area (Å²) >= 11 is 0. The van der Waals surface area contributed by atoms with E-state index in [0.717, 1.165) is 0 Å². The average Bonchev–Trinajstić information content (AvgIpc) is 2.28. The molecule has 0 amide bonds. The Morgan fingerprint density at radius 1 is 1.19 bits per heavy atom. The van der Waals surface area contributed by atoms with Crippen molar-refractivity contribution in [3.8, 4) is 5.75 Å². The standard InChI is InChI=1S/C11H16FNO3/c1-14-4-5-15-6-7-16-9-2-3-11(13)10(12)8-9/h2-3,8H,4-7,13H2,1H3. The monoisotopic (exact) mass is 229 g/mol. The molecule has 0 spiro atoms. The summed E-state index contributed by atoms with van der Waals surface area (Å²) in [4.78, 5) is 0. The number of hydrogen-bond donors (Lipinski definition) is 1. The van der Waals surface area contributed by atoms with Gasteiger partial charge in [0.15, 0.2) is 0 Å². The number of halogens is 1. The summed E-state index contributed by atoms with van der Waals surface area (Å²) < 4.78 is 28.3. The van der Waals surface area contributed by atoms with Gasteiger partial charge < -0.3 is 19.9 Å². The Morgan fingerprint density at radius 3 is 2.62 bits per heavy atom. The molecule has 90 valence electrons. The summed E-state index contributed by atoms with van der Waals surface area (Å²) in [6.45, 7) is 1.88. The van der Waals surface area contributed by atoms with Crippen LogP contribution in [-0.4, -0.2) is 33.5 Å². The number of hydrogen-bond acceptors (Lipinski definition) is 4. The second-order valence-electron chi connectivity index (χ2n) is 3.14. The van der Waals surface area contributed by atoms with Crippen LogP contribution in [0.15, 0.2) is 18.2 Å². The Bertz CT molecular complexity index is 320. The summed E-state index contributed by atoms with van der Waals surface area (Å²) in [6.07, 6.45) is 0. The van der Waals surface area contributed by atoms with Crippen LogP contribution >= 0.6 is 0 Å². The number of anilines is 1. The van der Waals surface area contributed by atoms with Gasteiger partial charge in [0, 0.05) is 13.2 Å². The van der Waals surface area contributed by atoms with Gasteiger partial charge in [-0.05, 0) is 12.1 Å². The van der Waals surface area contributed by atoms with Crippen LogP contribution in [0.3, 0.4) is 0 Å². The topological polar surface area (TPSA) is 53.7 Å². The third-order valence-electron chi connectivity index (χ3n) is 1.90. The normalized spacial score (nSPS) is 10.4. The largest absolute Gasteiger partial charge is 0.491 e. The number of nitrogen functional groups attached to an aromatic ring is 1. The van der Waals surface area contributed by atoms with Gasteiger partial charge in [-0.1, -0.05) is 0 Å². The van der Waals surface area contributed by atoms with Crippen molar-refractivity contribution >= 4 is 5.69 Å². The van der Waals surface area contributed by atoms with Crippen molar-refractivity contribution in [2.24, 2.45) is 0 Å². The molecule has 0 heterocycles. The minimum Gasteiger partial charge on any atom is -0.491 e. The first-order valence-corrected chi connectivity index (χ1v) is 4.98. The van der Waals surface area contributed by atoms with Gasteiger partial charge in [-0.3, -0.25) is 0 Å². The van der Waals surface area contributed by atoms with Gasteiger partial charge in [-0.2, -0.15) is 0 Å². The summed E-state index contributed by atoms with van der Waals surface area (Å²) in [7, 11) is 1.61. The molecule has 0 aliphatic carbocycles.